The standard InChI is InChI=1S/C15H21N5O2/c1-2-9-20-15(22)19-10-7-11(5-6-13(19)18-20)17-14(21)12-4-3-8-16-12/h3-4,8,11,16H,2,5-7,9-10H2,1H3,(H,17,21). The molecular weight excluding hydrogens is 282 g/mol. The largest absolute Gasteiger partial charge is 0.357 e. The zero-order chi connectivity index (χ0) is 15.5. The van der Waals surface area contributed by atoms with Gasteiger partial charge in [-0.3, -0.25) is 9.36 Å². The van der Waals surface area contributed by atoms with E-state index in [9.17, 15) is 9.59 Å². The predicted molar refractivity (Wildman–Crippen MR) is 81.8 cm³/mol. The summed E-state index contributed by atoms with van der Waals surface area (Å²) in [6, 6.07) is 3.62. The highest BCUT2D eigenvalue weighted by Crippen LogP contribution is 2.12. The van der Waals surface area contributed by atoms with Crippen molar-refractivity contribution in [3.63, 3.8) is 0 Å². The van der Waals surface area contributed by atoms with E-state index in [-0.39, 0.29) is 17.6 Å². The maximum absolute atomic E-state index is 12.2. The molecule has 118 valence electrons. The van der Waals surface area contributed by atoms with Crippen molar-refractivity contribution in [1.82, 2.24) is 24.6 Å². The van der Waals surface area contributed by atoms with E-state index in [1.54, 1.807) is 27.6 Å². The number of hydrogen-bond donors (Lipinski definition) is 2. The average Bonchev–Trinajstić information content (AvgIpc) is 3.08. The van der Waals surface area contributed by atoms with Crippen LogP contribution in [0, 0.1) is 0 Å². The molecule has 0 fully saturated rings. The molecule has 22 heavy (non-hydrogen) atoms. The number of carbonyl (C=O) groups excluding carboxylic acids is 1. The lowest BCUT2D eigenvalue weighted by Crippen LogP contribution is -2.36. The fourth-order valence-corrected chi connectivity index (χ4v) is 2.86. The van der Waals surface area contributed by atoms with Crippen molar-refractivity contribution in [2.45, 2.75) is 51.7 Å². The first kappa shape index (κ1) is 14.6. The van der Waals surface area contributed by atoms with Gasteiger partial charge in [-0.15, -0.1) is 0 Å². The summed E-state index contributed by atoms with van der Waals surface area (Å²) in [7, 11) is 0. The quantitative estimate of drug-likeness (QED) is 0.880. The Morgan fingerprint density at radius 1 is 1.50 bits per heavy atom. The van der Waals surface area contributed by atoms with Crippen LogP contribution >= 0.6 is 0 Å². The van der Waals surface area contributed by atoms with Gasteiger partial charge in [0.2, 0.25) is 0 Å². The number of rotatable bonds is 4. The first-order valence-electron chi connectivity index (χ1n) is 7.79. The van der Waals surface area contributed by atoms with Gasteiger partial charge < -0.3 is 10.3 Å². The van der Waals surface area contributed by atoms with Crippen molar-refractivity contribution in [3.05, 3.63) is 40.3 Å². The molecule has 0 saturated heterocycles. The van der Waals surface area contributed by atoms with Crippen LogP contribution in [0.25, 0.3) is 0 Å². The summed E-state index contributed by atoms with van der Waals surface area (Å²) in [5, 5.41) is 7.44. The molecule has 0 radical (unpaired) electrons. The van der Waals surface area contributed by atoms with Gasteiger partial charge in [-0.05, 0) is 31.4 Å². The van der Waals surface area contributed by atoms with Gasteiger partial charge in [0.25, 0.3) is 5.91 Å². The number of H-pyrrole nitrogens is 1. The normalized spacial score (nSPS) is 17.8. The van der Waals surface area contributed by atoms with Gasteiger partial charge in [0, 0.05) is 31.7 Å². The number of amides is 1. The highest BCUT2D eigenvalue weighted by molar-refractivity contribution is 5.92. The second-order valence-electron chi connectivity index (χ2n) is 5.66. The van der Waals surface area contributed by atoms with E-state index in [0.717, 1.165) is 25.1 Å². The number of nitrogens with one attached hydrogen (secondary N) is 2. The summed E-state index contributed by atoms with van der Waals surface area (Å²) >= 11 is 0. The highest BCUT2D eigenvalue weighted by atomic mass is 16.2. The molecular formula is C15H21N5O2. The second-order valence-corrected chi connectivity index (χ2v) is 5.66. The molecule has 3 rings (SSSR count). The first-order valence-corrected chi connectivity index (χ1v) is 7.79. The van der Waals surface area contributed by atoms with E-state index in [4.69, 9.17) is 0 Å². The van der Waals surface area contributed by atoms with Gasteiger partial charge in [-0.25, -0.2) is 9.48 Å². The average molecular weight is 303 g/mol. The lowest BCUT2D eigenvalue weighted by molar-refractivity contribution is 0.0928. The molecule has 0 aromatic carbocycles. The molecule has 1 aliphatic rings. The zero-order valence-electron chi connectivity index (χ0n) is 12.7. The van der Waals surface area contributed by atoms with Crippen LogP contribution in [-0.4, -0.2) is 31.3 Å². The van der Waals surface area contributed by atoms with E-state index in [2.05, 4.69) is 15.4 Å². The third kappa shape index (κ3) is 2.84. The van der Waals surface area contributed by atoms with E-state index in [0.29, 0.717) is 25.2 Å². The minimum atomic E-state index is -0.0991. The van der Waals surface area contributed by atoms with Crippen molar-refractivity contribution in [1.29, 1.82) is 0 Å². The van der Waals surface area contributed by atoms with Crippen molar-refractivity contribution < 1.29 is 4.79 Å². The molecule has 7 nitrogen and oxygen atoms in total. The molecule has 0 aliphatic carbocycles. The minimum absolute atomic E-state index is 0.0341. The van der Waals surface area contributed by atoms with Crippen LogP contribution in [0.2, 0.25) is 0 Å². The van der Waals surface area contributed by atoms with Crippen LogP contribution in [0.15, 0.2) is 23.1 Å². The number of fused-ring (bicyclic) bond motifs is 1. The molecule has 0 spiro atoms. The van der Waals surface area contributed by atoms with Crippen molar-refractivity contribution in [2.24, 2.45) is 0 Å². The molecule has 2 aromatic rings. The summed E-state index contributed by atoms with van der Waals surface area (Å²) in [5.74, 6) is 0.730. The molecule has 0 saturated carbocycles. The van der Waals surface area contributed by atoms with E-state index in [1.807, 2.05) is 6.92 Å². The van der Waals surface area contributed by atoms with Gasteiger partial charge >= 0.3 is 5.69 Å². The summed E-state index contributed by atoms with van der Waals surface area (Å²) in [6.45, 7) is 3.29. The number of aromatic nitrogens is 4. The summed E-state index contributed by atoms with van der Waals surface area (Å²) in [6.07, 6.45) is 4.88. The third-order valence-electron chi connectivity index (χ3n) is 4.03. The minimum Gasteiger partial charge on any atom is -0.357 e. The number of nitrogens with zero attached hydrogens (tertiary/aromatic N) is 3. The second kappa shape index (κ2) is 6.21. The molecule has 7 heteroatoms. The molecule has 1 unspecified atom stereocenters. The molecule has 1 amide bonds. The van der Waals surface area contributed by atoms with Crippen LogP contribution in [0.1, 0.15) is 42.5 Å². The highest BCUT2D eigenvalue weighted by Gasteiger charge is 2.22. The maximum atomic E-state index is 12.2. The molecule has 1 aliphatic heterocycles. The number of aryl methyl sites for hydroxylation is 2. The number of carbonyl (C=O) groups is 1. The summed E-state index contributed by atoms with van der Waals surface area (Å²) < 4.78 is 3.30. The van der Waals surface area contributed by atoms with Crippen LogP contribution in [0.3, 0.4) is 0 Å². The van der Waals surface area contributed by atoms with Crippen molar-refractivity contribution in [2.75, 3.05) is 0 Å². The first-order chi connectivity index (χ1) is 10.7. The monoisotopic (exact) mass is 303 g/mol. The maximum Gasteiger partial charge on any atom is 0.345 e. The zero-order valence-corrected chi connectivity index (χ0v) is 12.7. The number of aromatic amines is 1. The Hall–Kier alpha value is -2.31. The van der Waals surface area contributed by atoms with Gasteiger partial charge in [-0.1, -0.05) is 6.92 Å². The SMILES string of the molecule is CCCn1nc2n(c1=O)CCC(NC(=O)c1ccc[nH]1)CC2. The smallest absolute Gasteiger partial charge is 0.345 e. The van der Waals surface area contributed by atoms with Crippen LogP contribution in [-0.2, 0) is 19.5 Å². The molecule has 1 atom stereocenters. The van der Waals surface area contributed by atoms with Gasteiger partial charge in [0.05, 0.1) is 0 Å². The van der Waals surface area contributed by atoms with Gasteiger partial charge in [-0.2, -0.15) is 5.10 Å². The van der Waals surface area contributed by atoms with Crippen LogP contribution in [0.5, 0.6) is 0 Å². The Kier molecular flexibility index (Phi) is 4.13. The molecule has 0 bridgehead atoms. The third-order valence-corrected chi connectivity index (χ3v) is 4.03. The molecule has 2 aromatic heterocycles. The summed E-state index contributed by atoms with van der Waals surface area (Å²) in [4.78, 5) is 27.2. The van der Waals surface area contributed by atoms with Crippen LogP contribution in [0.4, 0.5) is 0 Å². The lowest BCUT2D eigenvalue weighted by Gasteiger charge is -2.15. The topological polar surface area (TPSA) is 84.7 Å². The molecule has 2 N–H and O–H groups in total. The van der Waals surface area contributed by atoms with Gasteiger partial charge in [0.1, 0.15) is 11.5 Å². The van der Waals surface area contributed by atoms with E-state index in [1.165, 1.54) is 0 Å². The predicted octanol–water partition coefficient (Wildman–Crippen LogP) is 0.918. The lowest BCUT2D eigenvalue weighted by atomic mass is 10.1. The fourth-order valence-electron chi connectivity index (χ4n) is 2.86. The van der Waals surface area contributed by atoms with Gasteiger partial charge in [0.15, 0.2) is 0 Å². The van der Waals surface area contributed by atoms with E-state index < -0.39 is 0 Å². The number of hydrogen-bond acceptors (Lipinski definition) is 3. The Labute approximate surface area is 128 Å². The van der Waals surface area contributed by atoms with Crippen molar-refractivity contribution in [3.8, 4) is 0 Å². The Morgan fingerprint density at radius 3 is 3.09 bits per heavy atom. The Morgan fingerprint density at radius 2 is 2.36 bits per heavy atom. The molecule has 3 heterocycles. The fraction of sp³-hybridized carbons (Fsp3) is 0.533. The Bertz CT molecular complexity index is 698. The summed E-state index contributed by atoms with van der Waals surface area (Å²) in [5.41, 5.74) is 0.528. The van der Waals surface area contributed by atoms with Crippen LogP contribution < -0.4 is 11.0 Å². The van der Waals surface area contributed by atoms with E-state index >= 15 is 0 Å². The van der Waals surface area contributed by atoms with Crippen molar-refractivity contribution >= 4 is 5.91 Å². The Balaban J connectivity index is 1.67.